The molecule has 0 aliphatic heterocycles. The lowest BCUT2D eigenvalue weighted by Crippen LogP contribution is -2.05. The van der Waals surface area contributed by atoms with Crippen LogP contribution in [0.2, 0.25) is 0 Å². The van der Waals surface area contributed by atoms with E-state index in [0.717, 1.165) is 6.07 Å². The number of carbonyl (C=O) groups is 2. The van der Waals surface area contributed by atoms with Gasteiger partial charge in [0.1, 0.15) is 0 Å². The highest BCUT2D eigenvalue weighted by Crippen LogP contribution is 2.21. The van der Waals surface area contributed by atoms with Gasteiger partial charge in [-0.15, -0.1) is 0 Å². The highest BCUT2D eigenvalue weighted by atomic mass is 16.4. The first kappa shape index (κ1) is 12.6. The van der Waals surface area contributed by atoms with Crippen LogP contribution in [0.1, 0.15) is 20.7 Å². The van der Waals surface area contributed by atoms with Crippen LogP contribution in [0.3, 0.4) is 0 Å². The summed E-state index contributed by atoms with van der Waals surface area (Å²) < 4.78 is 0. The molecule has 1 aromatic heterocycles. The summed E-state index contributed by atoms with van der Waals surface area (Å²) in [6.07, 6.45) is 1.41. The Balaban J connectivity index is 2.66. The van der Waals surface area contributed by atoms with Crippen molar-refractivity contribution < 1.29 is 19.8 Å². The number of aromatic nitrogens is 1. The van der Waals surface area contributed by atoms with E-state index in [1.807, 2.05) is 0 Å². The van der Waals surface area contributed by atoms with Gasteiger partial charge in [-0.25, -0.2) is 9.59 Å². The van der Waals surface area contributed by atoms with E-state index in [1.165, 1.54) is 24.4 Å². The second-order valence-corrected chi connectivity index (χ2v) is 3.85. The molecule has 0 aliphatic rings. The van der Waals surface area contributed by atoms with E-state index in [4.69, 9.17) is 10.2 Å². The maximum atomic E-state index is 11.2. The molecule has 0 spiro atoms. The van der Waals surface area contributed by atoms with Crippen LogP contribution >= 0.6 is 0 Å². The normalized spacial score (nSPS) is 10.1. The van der Waals surface area contributed by atoms with Gasteiger partial charge in [-0.1, -0.05) is 0 Å². The molecule has 0 bridgehead atoms. The topological polar surface area (TPSA) is 107 Å². The number of H-pyrrole nitrogens is 1. The standard InChI is InChI=1S/C13H9NO5/c15-11-6-7(1-2-14-11)8-3-9(12(16)17)5-10(4-8)13(18)19/h1-6H,(H,14,15)(H,16,17)(H,18,19). The van der Waals surface area contributed by atoms with E-state index in [1.54, 1.807) is 6.07 Å². The molecule has 0 saturated heterocycles. The van der Waals surface area contributed by atoms with Gasteiger partial charge < -0.3 is 15.2 Å². The summed E-state index contributed by atoms with van der Waals surface area (Å²) in [5.74, 6) is -2.46. The monoisotopic (exact) mass is 259 g/mol. The van der Waals surface area contributed by atoms with Gasteiger partial charge in [-0.2, -0.15) is 0 Å². The van der Waals surface area contributed by atoms with E-state index in [9.17, 15) is 14.4 Å². The van der Waals surface area contributed by atoms with Crippen molar-refractivity contribution in [3.8, 4) is 11.1 Å². The van der Waals surface area contributed by atoms with Crippen LogP contribution in [0.5, 0.6) is 0 Å². The zero-order valence-electron chi connectivity index (χ0n) is 9.58. The van der Waals surface area contributed by atoms with E-state index < -0.39 is 11.9 Å². The van der Waals surface area contributed by atoms with Gasteiger partial charge in [0, 0.05) is 12.3 Å². The molecule has 0 aliphatic carbocycles. The van der Waals surface area contributed by atoms with E-state index in [-0.39, 0.29) is 16.7 Å². The molecule has 3 N–H and O–H groups in total. The van der Waals surface area contributed by atoms with Gasteiger partial charge in [0.15, 0.2) is 0 Å². The Kier molecular flexibility index (Phi) is 3.15. The number of pyridine rings is 1. The van der Waals surface area contributed by atoms with Crippen molar-refractivity contribution in [2.45, 2.75) is 0 Å². The molecule has 0 atom stereocenters. The maximum Gasteiger partial charge on any atom is 0.335 e. The van der Waals surface area contributed by atoms with Crippen LogP contribution in [-0.2, 0) is 0 Å². The first-order valence-electron chi connectivity index (χ1n) is 5.28. The molecule has 1 aromatic carbocycles. The number of aromatic amines is 1. The summed E-state index contributed by atoms with van der Waals surface area (Å²) in [5, 5.41) is 17.9. The number of nitrogens with one attached hydrogen (secondary N) is 1. The van der Waals surface area contributed by atoms with Crippen molar-refractivity contribution in [2.75, 3.05) is 0 Å². The number of carboxylic acids is 2. The van der Waals surface area contributed by atoms with Crippen molar-refractivity contribution in [3.05, 3.63) is 58.0 Å². The molecule has 0 fully saturated rings. The molecule has 1 heterocycles. The Labute approximate surface area is 107 Å². The summed E-state index contributed by atoms with van der Waals surface area (Å²) in [6.45, 7) is 0. The quantitative estimate of drug-likeness (QED) is 0.773. The molecule has 2 rings (SSSR count). The minimum absolute atomic E-state index is 0.143. The second kappa shape index (κ2) is 4.77. The van der Waals surface area contributed by atoms with Crippen LogP contribution in [0.25, 0.3) is 11.1 Å². The molecule has 96 valence electrons. The minimum Gasteiger partial charge on any atom is -0.478 e. The SMILES string of the molecule is O=C(O)c1cc(C(=O)O)cc(-c2cc[nH]c(=O)c2)c1. The lowest BCUT2D eigenvalue weighted by Gasteiger charge is -2.05. The van der Waals surface area contributed by atoms with Crippen molar-refractivity contribution in [1.29, 1.82) is 0 Å². The fraction of sp³-hybridized carbons (Fsp3) is 0. The van der Waals surface area contributed by atoms with Crippen molar-refractivity contribution >= 4 is 11.9 Å². The Bertz CT molecular complexity index is 685. The predicted octanol–water partition coefficient (Wildman–Crippen LogP) is 1.44. The third kappa shape index (κ3) is 2.68. The summed E-state index contributed by atoms with van der Waals surface area (Å²) in [4.78, 5) is 35.6. The van der Waals surface area contributed by atoms with Crippen molar-refractivity contribution in [3.63, 3.8) is 0 Å². The zero-order valence-corrected chi connectivity index (χ0v) is 9.58. The number of rotatable bonds is 3. The lowest BCUT2D eigenvalue weighted by molar-refractivity contribution is 0.0696. The van der Waals surface area contributed by atoms with E-state index >= 15 is 0 Å². The molecule has 0 saturated carbocycles. The highest BCUT2D eigenvalue weighted by Gasteiger charge is 2.12. The van der Waals surface area contributed by atoms with Gasteiger partial charge in [-0.3, -0.25) is 4.79 Å². The first-order chi connectivity index (χ1) is 8.97. The largest absolute Gasteiger partial charge is 0.478 e. The van der Waals surface area contributed by atoms with E-state index in [0.29, 0.717) is 11.1 Å². The third-order valence-electron chi connectivity index (χ3n) is 2.54. The summed E-state index contributed by atoms with van der Waals surface area (Å²) in [5.41, 5.74) is 0.179. The smallest absolute Gasteiger partial charge is 0.335 e. The summed E-state index contributed by atoms with van der Waals surface area (Å²) in [7, 11) is 0. The number of hydrogen-bond acceptors (Lipinski definition) is 3. The highest BCUT2D eigenvalue weighted by molar-refractivity contribution is 5.96. The molecule has 0 amide bonds. The van der Waals surface area contributed by atoms with Gasteiger partial charge in [0.2, 0.25) is 5.56 Å². The van der Waals surface area contributed by atoms with Gasteiger partial charge in [0.25, 0.3) is 0 Å². The first-order valence-corrected chi connectivity index (χ1v) is 5.28. The van der Waals surface area contributed by atoms with Crippen molar-refractivity contribution in [2.24, 2.45) is 0 Å². The van der Waals surface area contributed by atoms with Crippen LogP contribution in [0.15, 0.2) is 41.3 Å². The van der Waals surface area contributed by atoms with Crippen LogP contribution < -0.4 is 5.56 Å². The van der Waals surface area contributed by atoms with Crippen LogP contribution in [-0.4, -0.2) is 27.1 Å². The second-order valence-electron chi connectivity index (χ2n) is 3.85. The molecule has 6 heteroatoms. The minimum atomic E-state index is -1.23. The molecule has 2 aromatic rings. The maximum absolute atomic E-state index is 11.2. The molecule has 0 radical (unpaired) electrons. The average Bonchev–Trinajstić information content (AvgIpc) is 2.38. The Morgan fingerprint density at radius 2 is 1.47 bits per heavy atom. The Hall–Kier alpha value is -2.89. The van der Waals surface area contributed by atoms with Crippen LogP contribution in [0, 0.1) is 0 Å². The van der Waals surface area contributed by atoms with Crippen molar-refractivity contribution in [1.82, 2.24) is 4.98 Å². The summed E-state index contributed by atoms with van der Waals surface area (Å²) in [6, 6.07) is 6.55. The average molecular weight is 259 g/mol. The lowest BCUT2D eigenvalue weighted by atomic mass is 10.0. The fourth-order valence-electron chi connectivity index (χ4n) is 1.67. The molecule has 6 nitrogen and oxygen atoms in total. The molecule has 19 heavy (non-hydrogen) atoms. The molecule has 0 unspecified atom stereocenters. The number of hydrogen-bond donors (Lipinski definition) is 3. The Morgan fingerprint density at radius 1 is 0.895 bits per heavy atom. The third-order valence-corrected chi connectivity index (χ3v) is 2.54. The molecular weight excluding hydrogens is 250 g/mol. The van der Waals surface area contributed by atoms with Gasteiger partial charge in [0.05, 0.1) is 11.1 Å². The summed E-state index contributed by atoms with van der Waals surface area (Å²) >= 11 is 0. The zero-order chi connectivity index (χ0) is 14.0. The number of carboxylic acid groups (broad SMARTS) is 2. The fourth-order valence-corrected chi connectivity index (χ4v) is 1.67. The van der Waals surface area contributed by atoms with Gasteiger partial charge in [-0.05, 0) is 35.4 Å². The van der Waals surface area contributed by atoms with Gasteiger partial charge >= 0.3 is 11.9 Å². The number of aromatic carboxylic acids is 2. The number of benzene rings is 1. The Morgan fingerprint density at radius 3 is 1.95 bits per heavy atom. The molecular formula is C13H9NO5. The van der Waals surface area contributed by atoms with Crippen LogP contribution in [0.4, 0.5) is 0 Å². The van der Waals surface area contributed by atoms with E-state index in [2.05, 4.69) is 4.98 Å². The predicted molar refractivity (Wildman–Crippen MR) is 66.4 cm³/mol.